The number of amides is 2. The molecule has 0 bridgehead atoms. The van der Waals surface area contributed by atoms with Crippen LogP contribution in [-0.4, -0.2) is 49.2 Å². The highest BCUT2D eigenvalue weighted by atomic mass is 79.9. The Morgan fingerprint density at radius 1 is 1.22 bits per heavy atom. The summed E-state index contributed by atoms with van der Waals surface area (Å²) in [6.07, 6.45) is 0.782. The average Bonchev–Trinajstić information content (AvgIpc) is 2.90. The molecular weight excluding hydrogens is 546 g/mol. The van der Waals surface area contributed by atoms with Gasteiger partial charge in [0.2, 0.25) is 11.8 Å². The first-order valence-electron chi connectivity index (χ1n) is 11.2. The summed E-state index contributed by atoms with van der Waals surface area (Å²) >= 11 is 4.52. The molecule has 0 radical (unpaired) electrons. The van der Waals surface area contributed by atoms with Crippen LogP contribution in [0.1, 0.15) is 22.6 Å². The number of ether oxygens (including phenoxy) is 2. The lowest BCUT2D eigenvalue weighted by Gasteiger charge is -2.32. The summed E-state index contributed by atoms with van der Waals surface area (Å²) in [5.74, 6) is -2.93. The molecule has 2 aliphatic heterocycles. The Morgan fingerprint density at radius 2 is 1.97 bits per heavy atom. The number of hydrogen-bond acceptors (Lipinski definition) is 7. The SMILES string of the molecule is COC(=O)[C@H]1C(=O)NC(SCC(=O)N2CCc3ccccc3C2)=C(C#N)[C@H]1c1ccc(OC)c(Br)c1. The van der Waals surface area contributed by atoms with Crippen LogP contribution in [0.2, 0.25) is 0 Å². The predicted octanol–water partition coefficient (Wildman–Crippen LogP) is 3.51. The van der Waals surface area contributed by atoms with E-state index in [2.05, 4.69) is 33.4 Å². The molecule has 10 heteroatoms. The van der Waals surface area contributed by atoms with Gasteiger partial charge in [0, 0.05) is 19.0 Å². The van der Waals surface area contributed by atoms with Crippen molar-refractivity contribution in [3.8, 4) is 11.8 Å². The number of methoxy groups -OCH3 is 2. The third-order valence-electron chi connectivity index (χ3n) is 6.34. The summed E-state index contributed by atoms with van der Waals surface area (Å²) in [4.78, 5) is 40.4. The van der Waals surface area contributed by atoms with Crippen LogP contribution >= 0.6 is 27.7 Å². The van der Waals surface area contributed by atoms with Gasteiger partial charge in [0.05, 0.1) is 41.1 Å². The molecule has 2 atom stereocenters. The minimum Gasteiger partial charge on any atom is -0.496 e. The molecule has 4 rings (SSSR count). The van der Waals surface area contributed by atoms with Gasteiger partial charge in [-0.2, -0.15) is 5.26 Å². The quantitative estimate of drug-likeness (QED) is 0.418. The van der Waals surface area contributed by atoms with Crippen molar-refractivity contribution in [1.82, 2.24) is 10.2 Å². The first-order chi connectivity index (χ1) is 17.4. The van der Waals surface area contributed by atoms with E-state index < -0.39 is 23.7 Å². The lowest BCUT2D eigenvalue weighted by molar-refractivity contribution is -0.150. The maximum Gasteiger partial charge on any atom is 0.319 e. The summed E-state index contributed by atoms with van der Waals surface area (Å²) in [5, 5.41) is 13.0. The Morgan fingerprint density at radius 3 is 2.64 bits per heavy atom. The van der Waals surface area contributed by atoms with Crippen LogP contribution in [-0.2, 0) is 32.1 Å². The molecule has 0 aromatic heterocycles. The highest BCUT2D eigenvalue weighted by Crippen LogP contribution is 2.42. The number of fused-ring (bicyclic) bond motifs is 1. The lowest BCUT2D eigenvalue weighted by atomic mass is 9.78. The van der Waals surface area contributed by atoms with Gasteiger partial charge < -0.3 is 19.7 Å². The van der Waals surface area contributed by atoms with Crippen molar-refractivity contribution in [2.75, 3.05) is 26.5 Å². The molecule has 0 saturated carbocycles. The Kier molecular flexibility index (Phi) is 8.01. The van der Waals surface area contributed by atoms with E-state index in [1.54, 1.807) is 23.1 Å². The maximum atomic E-state index is 13.0. The van der Waals surface area contributed by atoms with Crippen LogP contribution in [0, 0.1) is 17.2 Å². The van der Waals surface area contributed by atoms with Crippen LogP contribution in [0.15, 0.2) is 57.5 Å². The van der Waals surface area contributed by atoms with Crippen molar-refractivity contribution >= 4 is 45.5 Å². The van der Waals surface area contributed by atoms with Crippen molar-refractivity contribution in [1.29, 1.82) is 5.26 Å². The second-order valence-electron chi connectivity index (χ2n) is 8.34. The number of carbonyl (C=O) groups excluding carboxylic acids is 3. The monoisotopic (exact) mass is 569 g/mol. The van der Waals surface area contributed by atoms with Crippen LogP contribution in [0.5, 0.6) is 5.75 Å². The van der Waals surface area contributed by atoms with Crippen LogP contribution in [0.25, 0.3) is 0 Å². The molecule has 36 heavy (non-hydrogen) atoms. The number of benzene rings is 2. The van der Waals surface area contributed by atoms with Gasteiger partial charge in [-0.3, -0.25) is 14.4 Å². The number of esters is 1. The fraction of sp³-hybridized carbons (Fsp3) is 0.308. The molecule has 0 unspecified atom stereocenters. The van der Waals surface area contributed by atoms with E-state index in [1.807, 2.05) is 18.2 Å². The summed E-state index contributed by atoms with van der Waals surface area (Å²) < 4.78 is 10.8. The van der Waals surface area contributed by atoms with E-state index in [0.29, 0.717) is 28.9 Å². The molecule has 0 spiro atoms. The van der Waals surface area contributed by atoms with Crippen molar-refractivity contribution < 1.29 is 23.9 Å². The molecule has 2 aromatic rings. The fourth-order valence-electron chi connectivity index (χ4n) is 4.49. The fourth-order valence-corrected chi connectivity index (χ4v) is 6.00. The number of nitrogens with zero attached hydrogens (tertiary/aromatic N) is 2. The normalized spacial score (nSPS) is 19.2. The summed E-state index contributed by atoms with van der Waals surface area (Å²) in [5.41, 5.74) is 3.13. The van der Waals surface area contributed by atoms with Gasteiger partial charge in [0.1, 0.15) is 11.7 Å². The van der Waals surface area contributed by atoms with Gasteiger partial charge in [-0.1, -0.05) is 42.1 Å². The Bertz CT molecular complexity index is 1290. The highest BCUT2D eigenvalue weighted by Gasteiger charge is 2.44. The number of halogens is 1. The number of rotatable bonds is 6. The van der Waals surface area contributed by atoms with Crippen molar-refractivity contribution in [2.24, 2.45) is 5.92 Å². The first-order valence-corrected chi connectivity index (χ1v) is 13.0. The van der Waals surface area contributed by atoms with Gasteiger partial charge in [-0.15, -0.1) is 0 Å². The molecule has 2 aromatic carbocycles. The minimum atomic E-state index is -1.25. The van der Waals surface area contributed by atoms with Crippen molar-refractivity contribution in [3.05, 3.63) is 74.2 Å². The Hall–Kier alpha value is -3.29. The number of allylic oxidation sites excluding steroid dienone is 1. The van der Waals surface area contributed by atoms with Crippen LogP contribution in [0.3, 0.4) is 0 Å². The second kappa shape index (κ2) is 11.2. The lowest BCUT2D eigenvalue weighted by Crippen LogP contribution is -2.44. The predicted molar refractivity (Wildman–Crippen MR) is 138 cm³/mol. The topological polar surface area (TPSA) is 109 Å². The molecule has 2 heterocycles. The molecule has 186 valence electrons. The third kappa shape index (κ3) is 5.13. The summed E-state index contributed by atoms with van der Waals surface area (Å²) in [7, 11) is 2.73. The molecular formula is C26H24BrN3O5S. The van der Waals surface area contributed by atoms with Crippen LogP contribution < -0.4 is 10.1 Å². The molecule has 0 aliphatic carbocycles. The minimum absolute atomic E-state index is 0.0465. The van der Waals surface area contributed by atoms with Gasteiger partial charge >= 0.3 is 5.97 Å². The molecule has 0 fully saturated rings. The third-order valence-corrected chi connectivity index (χ3v) is 7.96. The van der Waals surface area contributed by atoms with E-state index in [-0.39, 0.29) is 22.3 Å². The number of thioether (sulfide) groups is 1. The van der Waals surface area contributed by atoms with Crippen molar-refractivity contribution in [2.45, 2.75) is 18.9 Å². The average molecular weight is 570 g/mol. The molecule has 0 saturated heterocycles. The number of nitrogens with one attached hydrogen (secondary N) is 1. The summed E-state index contributed by atoms with van der Waals surface area (Å²) in [6, 6.07) is 15.3. The van der Waals surface area contributed by atoms with Crippen molar-refractivity contribution in [3.63, 3.8) is 0 Å². The largest absolute Gasteiger partial charge is 0.496 e. The van der Waals surface area contributed by atoms with Gasteiger partial charge in [0.25, 0.3) is 0 Å². The van der Waals surface area contributed by atoms with Gasteiger partial charge in [-0.05, 0) is 51.2 Å². The molecule has 8 nitrogen and oxygen atoms in total. The smallest absolute Gasteiger partial charge is 0.319 e. The Labute approximate surface area is 221 Å². The second-order valence-corrected chi connectivity index (χ2v) is 10.2. The zero-order valence-electron chi connectivity index (χ0n) is 19.7. The summed E-state index contributed by atoms with van der Waals surface area (Å²) in [6.45, 7) is 1.14. The molecule has 2 aliphatic rings. The zero-order valence-corrected chi connectivity index (χ0v) is 22.1. The van der Waals surface area contributed by atoms with Gasteiger partial charge in [-0.25, -0.2) is 0 Å². The number of carbonyl (C=O) groups is 3. The Balaban J connectivity index is 1.61. The van der Waals surface area contributed by atoms with Gasteiger partial charge in [0.15, 0.2) is 0 Å². The maximum absolute atomic E-state index is 13.0. The van der Waals surface area contributed by atoms with E-state index in [0.717, 1.165) is 23.7 Å². The van der Waals surface area contributed by atoms with E-state index in [4.69, 9.17) is 9.47 Å². The number of nitriles is 1. The molecule has 1 N–H and O–H groups in total. The highest BCUT2D eigenvalue weighted by molar-refractivity contribution is 9.10. The van der Waals surface area contributed by atoms with E-state index in [1.165, 1.54) is 19.8 Å². The van der Waals surface area contributed by atoms with E-state index in [9.17, 15) is 19.6 Å². The first kappa shape index (κ1) is 25.8. The zero-order chi connectivity index (χ0) is 25.8. The van der Waals surface area contributed by atoms with Crippen LogP contribution in [0.4, 0.5) is 0 Å². The number of hydrogen-bond donors (Lipinski definition) is 1. The standard InChI is InChI=1S/C26H24BrN3O5S/c1-34-20-8-7-16(11-19(20)27)22-18(12-28)25(29-24(32)23(22)26(33)35-2)36-14-21(31)30-10-9-15-5-3-4-6-17(15)13-30/h3-8,11,22-23H,9-10,13-14H2,1-2H3,(H,29,32)/t22-,23-/m1/s1. The molecule has 2 amide bonds. The van der Waals surface area contributed by atoms with E-state index >= 15 is 0 Å².